The number of anilines is 2. The number of amides is 2. The average Bonchev–Trinajstić information content (AvgIpc) is 3.35. The fraction of sp³-hybridized carbons (Fsp3) is 0.172. The first kappa shape index (κ1) is 24.4. The summed E-state index contributed by atoms with van der Waals surface area (Å²) in [6.45, 7) is 3.84. The van der Waals surface area contributed by atoms with Crippen LogP contribution >= 0.6 is 0 Å². The van der Waals surface area contributed by atoms with Gasteiger partial charge in [-0.2, -0.15) is 13.2 Å². The zero-order valence-corrected chi connectivity index (χ0v) is 20.1. The van der Waals surface area contributed by atoms with Gasteiger partial charge in [-0.3, -0.25) is 14.5 Å². The van der Waals surface area contributed by atoms with Gasteiger partial charge in [-0.05, 0) is 62.4 Å². The molecule has 1 atom stereocenters. The second-order valence-electron chi connectivity index (χ2n) is 9.16. The van der Waals surface area contributed by atoms with Gasteiger partial charge in [0.15, 0.2) is 5.54 Å². The summed E-state index contributed by atoms with van der Waals surface area (Å²) in [5.41, 5.74) is 0.941. The number of rotatable bonds is 5. The molecule has 0 saturated carbocycles. The SMILES string of the molecule is Cc1ccc(NC(=O)C2(c3ccc(-c4cccc(C(F)(F)F)c4)o3)CC(=O)N2c2ccc(C)cc2)cc1. The number of halogens is 3. The van der Waals surface area contributed by atoms with E-state index in [2.05, 4.69) is 5.32 Å². The van der Waals surface area contributed by atoms with E-state index in [9.17, 15) is 22.8 Å². The number of alkyl halides is 3. The van der Waals surface area contributed by atoms with Crippen LogP contribution < -0.4 is 10.2 Å². The number of hydrogen-bond acceptors (Lipinski definition) is 3. The van der Waals surface area contributed by atoms with Crippen LogP contribution in [0.2, 0.25) is 0 Å². The molecule has 1 unspecified atom stereocenters. The Morgan fingerprint density at radius 3 is 2.19 bits per heavy atom. The van der Waals surface area contributed by atoms with Gasteiger partial charge >= 0.3 is 6.18 Å². The van der Waals surface area contributed by atoms with Crippen LogP contribution in [0.15, 0.2) is 89.3 Å². The quantitative estimate of drug-likeness (QED) is 0.302. The van der Waals surface area contributed by atoms with E-state index in [-0.39, 0.29) is 29.4 Å². The first-order chi connectivity index (χ1) is 17.6. The van der Waals surface area contributed by atoms with E-state index in [1.54, 1.807) is 24.3 Å². The summed E-state index contributed by atoms with van der Waals surface area (Å²) < 4.78 is 45.8. The van der Waals surface area contributed by atoms with Crippen molar-refractivity contribution in [1.29, 1.82) is 0 Å². The topological polar surface area (TPSA) is 62.6 Å². The number of aryl methyl sites for hydroxylation is 2. The van der Waals surface area contributed by atoms with Crippen molar-refractivity contribution in [3.63, 3.8) is 0 Å². The lowest BCUT2D eigenvalue weighted by Crippen LogP contribution is -2.67. The van der Waals surface area contributed by atoms with Gasteiger partial charge in [0.1, 0.15) is 11.5 Å². The molecule has 1 aromatic heterocycles. The van der Waals surface area contributed by atoms with E-state index < -0.39 is 23.2 Å². The van der Waals surface area contributed by atoms with Gasteiger partial charge in [0, 0.05) is 16.9 Å². The van der Waals surface area contributed by atoms with Crippen LogP contribution in [0.1, 0.15) is 28.9 Å². The average molecular weight is 505 g/mol. The number of nitrogens with zero attached hydrogens (tertiary/aromatic N) is 1. The number of hydrogen-bond donors (Lipinski definition) is 1. The molecule has 1 saturated heterocycles. The first-order valence-electron chi connectivity index (χ1n) is 11.6. The highest BCUT2D eigenvalue weighted by atomic mass is 19.4. The van der Waals surface area contributed by atoms with E-state index in [1.807, 2.05) is 38.1 Å². The van der Waals surface area contributed by atoms with Crippen molar-refractivity contribution in [1.82, 2.24) is 0 Å². The molecule has 37 heavy (non-hydrogen) atoms. The Labute approximate surface area is 211 Å². The molecular weight excluding hydrogens is 481 g/mol. The normalized spacial score (nSPS) is 17.4. The fourth-order valence-corrected chi connectivity index (χ4v) is 4.48. The summed E-state index contributed by atoms with van der Waals surface area (Å²) in [5, 5.41) is 2.88. The Kier molecular flexibility index (Phi) is 5.90. The third-order valence-electron chi connectivity index (χ3n) is 6.50. The van der Waals surface area contributed by atoms with Crippen molar-refractivity contribution in [2.75, 3.05) is 10.2 Å². The minimum absolute atomic E-state index is 0.157. The zero-order valence-electron chi connectivity index (χ0n) is 20.1. The van der Waals surface area contributed by atoms with E-state index in [0.717, 1.165) is 23.3 Å². The van der Waals surface area contributed by atoms with Crippen molar-refractivity contribution in [2.45, 2.75) is 32.0 Å². The molecule has 1 fully saturated rings. The largest absolute Gasteiger partial charge is 0.458 e. The van der Waals surface area contributed by atoms with Gasteiger partial charge in [0.05, 0.1) is 12.0 Å². The standard InChI is InChI=1S/C29H23F3N2O3/c1-18-6-10-22(11-7-18)33-27(36)28(17-26(35)34(28)23-12-8-19(2)9-13-23)25-15-14-24(37-25)20-4-3-5-21(16-20)29(30,31)32/h3-16H,17H2,1-2H3,(H,33,36). The molecule has 0 radical (unpaired) electrons. The molecule has 3 aromatic carbocycles. The summed E-state index contributed by atoms with van der Waals surface area (Å²) in [6.07, 6.45) is -4.67. The second-order valence-corrected chi connectivity index (χ2v) is 9.16. The fourth-order valence-electron chi connectivity index (χ4n) is 4.48. The molecule has 8 heteroatoms. The molecule has 4 aromatic rings. The Morgan fingerprint density at radius 2 is 1.57 bits per heavy atom. The molecule has 1 aliphatic heterocycles. The lowest BCUT2D eigenvalue weighted by Gasteiger charge is -2.49. The molecule has 5 rings (SSSR count). The van der Waals surface area contributed by atoms with Gasteiger partial charge in [-0.15, -0.1) is 0 Å². The van der Waals surface area contributed by atoms with Crippen molar-refractivity contribution in [3.8, 4) is 11.3 Å². The van der Waals surface area contributed by atoms with Crippen molar-refractivity contribution < 1.29 is 27.2 Å². The smallest absolute Gasteiger partial charge is 0.416 e. The van der Waals surface area contributed by atoms with E-state index in [4.69, 9.17) is 4.42 Å². The third kappa shape index (κ3) is 4.39. The zero-order chi connectivity index (χ0) is 26.4. The van der Waals surface area contributed by atoms with Crippen molar-refractivity contribution in [2.24, 2.45) is 0 Å². The highest BCUT2D eigenvalue weighted by Crippen LogP contribution is 2.47. The Bertz CT molecular complexity index is 1470. The number of nitrogens with one attached hydrogen (secondary N) is 1. The van der Waals surface area contributed by atoms with Gasteiger partial charge in [-0.1, -0.05) is 47.5 Å². The van der Waals surface area contributed by atoms with Crippen LogP contribution in [-0.4, -0.2) is 11.8 Å². The summed E-state index contributed by atoms with van der Waals surface area (Å²) in [5.74, 6) is -0.446. The number of benzene rings is 3. The number of carbonyl (C=O) groups is 2. The summed E-state index contributed by atoms with van der Waals surface area (Å²) in [7, 11) is 0. The molecule has 5 nitrogen and oxygen atoms in total. The maximum atomic E-state index is 13.8. The van der Waals surface area contributed by atoms with Crippen LogP contribution in [0.3, 0.4) is 0 Å². The minimum Gasteiger partial charge on any atom is -0.458 e. The van der Waals surface area contributed by atoms with Crippen LogP contribution in [0.4, 0.5) is 24.5 Å². The lowest BCUT2D eigenvalue weighted by molar-refractivity contribution is -0.138. The monoisotopic (exact) mass is 504 g/mol. The van der Waals surface area contributed by atoms with Crippen LogP contribution in [0.5, 0.6) is 0 Å². The van der Waals surface area contributed by atoms with Gasteiger partial charge < -0.3 is 9.73 Å². The predicted octanol–water partition coefficient (Wildman–Crippen LogP) is 6.85. The maximum Gasteiger partial charge on any atom is 0.416 e. The van der Waals surface area contributed by atoms with Gasteiger partial charge in [0.2, 0.25) is 5.91 Å². The molecule has 188 valence electrons. The van der Waals surface area contributed by atoms with E-state index in [0.29, 0.717) is 11.4 Å². The highest BCUT2D eigenvalue weighted by molar-refractivity contribution is 6.16. The summed E-state index contributed by atoms with van der Waals surface area (Å²) in [4.78, 5) is 28.1. The molecular formula is C29H23F3N2O3. The Balaban J connectivity index is 1.58. The van der Waals surface area contributed by atoms with Crippen molar-refractivity contribution >= 4 is 23.2 Å². The van der Waals surface area contributed by atoms with Gasteiger partial charge in [-0.25, -0.2) is 0 Å². The minimum atomic E-state index is -4.51. The molecule has 2 heterocycles. The molecule has 0 spiro atoms. The Morgan fingerprint density at radius 1 is 0.919 bits per heavy atom. The van der Waals surface area contributed by atoms with Gasteiger partial charge in [0.25, 0.3) is 5.91 Å². The molecule has 2 amide bonds. The van der Waals surface area contributed by atoms with E-state index >= 15 is 0 Å². The predicted molar refractivity (Wildman–Crippen MR) is 134 cm³/mol. The van der Waals surface area contributed by atoms with Crippen LogP contribution in [-0.2, 0) is 21.3 Å². The molecule has 1 aliphatic rings. The molecule has 0 bridgehead atoms. The first-order valence-corrected chi connectivity index (χ1v) is 11.6. The van der Waals surface area contributed by atoms with Crippen LogP contribution in [0, 0.1) is 13.8 Å². The third-order valence-corrected chi connectivity index (χ3v) is 6.50. The van der Waals surface area contributed by atoms with E-state index in [1.165, 1.54) is 29.2 Å². The maximum absolute atomic E-state index is 13.8. The highest BCUT2D eigenvalue weighted by Gasteiger charge is 2.60. The number of furan rings is 1. The molecule has 1 N–H and O–H groups in total. The second kappa shape index (κ2) is 8.96. The number of β-lactam (4-membered cyclic amide) rings is 1. The summed E-state index contributed by atoms with van der Waals surface area (Å²) in [6, 6.07) is 22.2. The lowest BCUT2D eigenvalue weighted by atomic mass is 9.79. The summed E-state index contributed by atoms with van der Waals surface area (Å²) >= 11 is 0. The number of carbonyl (C=O) groups excluding carboxylic acids is 2. The van der Waals surface area contributed by atoms with Crippen molar-refractivity contribution in [3.05, 3.63) is 107 Å². The Hall–Kier alpha value is -4.33. The molecule has 0 aliphatic carbocycles. The van der Waals surface area contributed by atoms with Crippen LogP contribution in [0.25, 0.3) is 11.3 Å².